The van der Waals surface area contributed by atoms with Crippen molar-refractivity contribution in [2.45, 2.75) is 40.2 Å². The number of nitriles is 1. The Bertz CT molecular complexity index is 280. The van der Waals surface area contributed by atoms with Gasteiger partial charge < -0.3 is 15.1 Å². The minimum absolute atomic E-state index is 0.0480. The molecule has 0 bridgehead atoms. The van der Waals surface area contributed by atoms with E-state index >= 15 is 0 Å². The molecule has 0 aromatic carbocycles. The second-order valence-electron chi connectivity index (χ2n) is 4.43. The SMILES string of the molecule is CCN(CC)CCNC(C#N)CC(=O)N(CC)CC. The zero-order valence-electron chi connectivity index (χ0n) is 12.8. The van der Waals surface area contributed by atoms with Crippen LogP contribution in [0.1, 0.15) is 34.1 Å². The van der Waals surface area contributed by atoms with Crippen LogP contribution in [0.25, 0.3) is 0 Å². The molecule has 0 rings (SSSR count). The fourth-order valence-corrected chi connectivity index (χ4v) is 1.98. The van der Waals surface area contributed by atoms with Crippen molar-refractivity contribution in [3.05, 3.63) is 0 Å². The molecule has 110 valence electrons. The van der Waals surface area contributed by atoms with Gasteiger partial charge >= 0.3 is 0 Å². The molecular weight excluding hydrogens is 240 g/mol. The maximum Gasteiger partial charge on any atom is 0.225 e. The van der Waals surface area contributed by atoms with E-state index in [1.807, 2.05) is 13.8 Å². The number of hydrogen-bond donors (Lipinski definition) is 1. The number of carbonyl (C=O) groups excluding carboxylic acids is 1. The Hall–Kier alpha value is -1.12. The first-order valence-electron chi connectivity index (χ1n) is 7.25. The predicted molar refractivity (Wildman–Crippen MR) is 77.7 cm³/mol. The monoisotopic (exact) mass is 268 g/mol. The predicted octanol–water partition coefficient (Wildman–Crippen LogP) is 1.07. The van der Waals surface area contributed by atoms with Crippen LogP contribution in [0.5, 0.6) is 0 Å². The highest BCUT2D eigenvalue weighted by Gasteiger charge is 2.16. The van der Waals surface area contributed by atoms with Gasteiger partial charge in [0.05, 0.1) is 12.5 Å². The Morgan fingerprint density at radius 2 is 1.74 bits per heavy atom. The molecule has 0 aliphatic rings. The summed E-state index contributed by atoms with van der Waals surface area (Å²) in [4.78, 5) is 16.0. The molecule has 0 heterocycles. The minimum atomic E-state index is -0.385. The summed E-state index contributed by atoms with van der Waals surface area (Å²) >= 11 is 0. The van der Waals surface area contributed by atoms with Crippen molar-refractivity contribution in [1.29, 1.82) is 5.26 Å². The maximum absolute atomic E-state index is 11.9. The number of likely N-dealkylation sites (N-methyl/N-ethyl adjacent to an activating group) is 1. The maximum atomic E-state index is 11.9. The van der Waals surface area contributed by atoms with Crippen molar-refractivity contribution in [2.75, 3.05) is 39.3 Å². The van der Waals surface area contributed by atoms with E-state index in [1.165, 1.54) is 0 Å². The number of hydrogen-bond acceptors (Lipinski definition) is 4. The lowest BCUT2D eigenvalue weighted by Gasteiger charge is -2.22. The Balaban J connectivity index is 4.09. The van der Waals surface area contributed by atoms with Crippen molar-refractivity contribution in [2.24, 2.45) is 0 Å². The zero-order valence-corrected chi connectivity index (χ0v) is 12.8. The number of carbonyl (C=O) groups is 1. The van der Waals surface area contributed by atoms with E-state index in [-0.39, 0.29) is 18.4 Å². The molecule has 0 spiro atoms. The van der Waals surface area contributed by atoms with E-state index in [9.17, 15) is 4.79 Å². The fourth-order valence-electron chi connectivity index (χ4n) is 1.98. The molecule has 1 N–H and O–H groups in total. The average Bonchev–Trinajstić information content (AvgIpc) is 2.43. The molecule has 5 heteroatoms. The molecule has 0 aromatic rings. The van der Waals surface area contributed by atoms with Crippen LogP contribution in [0.2, 0.25) is 0 Å². The highest BCUT2D eigenvalue weighted by atomic mass is 16.2. The Morgan fingerprint density at radius 1 is 1.16 bits per heavy atom. The average molecular weight is 268 g/mol. The van der Waals surface area contributed by atoms with Gasteiger partial charge in [-0.25, -0.2) is 0 Å². The smallest absolute Gasteiger partial charge is 0.225 e. The quantitative estimate of drug-likeness (QED) is 0.644. The lowest BCUT2D eigenvalue weighted by molar-refractivity contribution is -0.131. The number of rotatable bonds is 10. The van der Waals surface area contributed by atoms with Gasteiger partial charge in [0.25, 0.3) is 0 Å². The van der Waals surface area contributed by atoms with E-state index in [2.05, 4.69) is 30.1 Å². The third-order valence-electron chi connectivity index (χ3n) is 3.36. The van der Waals surface area contributed by atoms with Gasteiger partial charge in [-0.05, 0) is 26.9 Å². The van der Waals surface area contributed by atoms with Gasteiger partial charge in [-0.3, -0.25) is 4.79 Å². The van der Waals surface area contributed by atoms with Crippen LogP contribution in [-0.2, 0) is 4.79 Å². The molecule has 1 amide bonds. The summed E-state index contributed by atoms with van der Waals surface area (Å²) in [6.45, 7) is 13.2. The van der Waals surface area contributed by atoms with Gasteiger partial charge in [-0.1, -0.05) is 13.8 Å². The summed E-state index contributed by atoms with van der Waals surface area (Å²) in [5.41, 5.74) is 0. The molecule has 0 radical (unpaired) electrons. The third-order valence-corrected chi connectivity index (χ3v) is 3.36. The van der Waals surface area contributed by atoms with Gasteiger partial charge in [0.15, 0.2) is 0 Å². The summed E-state index contributed by atoms with van der Waals surface area (Å²) in [6.07, 6.45) is 0.260. The lowest BCUT2D eigenvalue weighted by atomic mass is 10.2. The summed E-state index contributed by atoms with van der Waals surface area (Å²) in [7, 11) is 0. The van der Waals surface area contributed by atoms with Crippen molar-refractivity contribution in [3.8, 4) is 6.07 Å². The van der Waals surface area contributed by atoms with Crippen LogP contribution >= 0.6 is 0 Å². The molecule has 5 nitrogen and oxygen atoms in total. The Labute approximate surface area is 117 Å². The van der Waals surface area contributed by atoms with Crippen LogP contribution in [0.3, 0.4) is 0 Å². The van der Waals surface area contributed by atoms with E-state index in [4.69, 9.17) is 5.26 Å². The van der Waals surface area contributed by atoms with E-state index in [1.54, 1.807) is 4.90 Å². The Morgan fingerprint density at radius 3 is 2.16 bits per heavy atom. The molecule has 1 atom stereocenters. The number of amides is 1. The van der Waals surface area contributed by atoms with Crippen LogP contribution < -0.4 is 5.32 Å². The van der Waals surface area contributed by atoms with Crippen LogP contribution in [-0.4, -0.2) is 61.0 Å². The molecule has 0 saturated heterocycles. The van der Waals surface area contributed by atoms with E-state index < -0.39 is 0 Å². The third kappa shape index (κ3) is 7.14. The second kappa shape index (κ2) is 10.8. The van der Waals surface area contributed by atoms with Gasteiger partial charge in [-0.2, -0.15) is 5.26 Å². The molecule has 1 unspecified atom stereocenters. The number of nitrogens with zero attached hydrogens (tertiary/aromatic N) is 3. The fraction of sp³-hybridized carbons (Fsp3) is 0.857. The highest BCUT2D eigenvalue weighted by Crippen LogP contribution is 1.98. The first-order valence-corrected chi connectivity index (χ1v) is 7.25. The van der Waals surface area contributed by atoms with Gasteiger partial charge in [0, 0.05) is 26.2 Å². The normalized spacial score (nSPS) is 12.2. The van der Waals surface area contributed by atoms with Crippen molar-refractivity contribution >= 4 is 5.91 Å². The van der Waals surface area contributed by atoms with Gasteiger partial charge in [-0.15, -0.1) is 0 Å². The standard InChI is InChI=1S/C14H28N4O/c1-5-17(6-2)10-9-16-13(12-15)11-14(19)18(7-3)8-4/h13,16H,5-11H2,1-4H3. The second-order valence-corrected chi connectivity index (χ2v) is 4.43. The summed E-state index contributed by atoms with van der Waals surface area (Å²) in [5, 5.41) is 12.2. The highest BCUT2D eigenvalue weighted by molar-refractivity contribution is 5.77. The molecule has 0 aliphatic heterocycles. The number of nitrogens with one attached hydrogen (secondary N) is 1. The summed E-state index contributed by atoms with van der Waals surface area (Å²) in [5.74, 6) is 0.0480. The molecular formula is C14H28N4O. The Kier molecular flexibility index (Phi) is 10.1. The van der Waals surface area contributed by atoms with Crippen molar-refractivity contribution in [3.63, 3.8) is 0 Å². The molecule has 0 aliphatic carbocycles. The first-order chi connectivity index (χ1) is 9.12. The van der Waals surface area contributed by atoms with Crippen molar-refractivity contribution < 1.29 is 4.79 Å². The molecule has 0 fully saturated rings. The first kappa shape index (κ1) is 17.9. The lowest BCUT2D eigenvalue weighted by Crippen LogP contribution is -2.40. The molecule has 0 saturated carbocycles. The van der Waals surface area contributed by atoms with Crippen LogP contribution in [0.4, 0.5) is 0 Å². The topological polar surface area (TPSA) is 59.4 Å². The van der Waals surface area contributed by atoms with E-state index in [0.717, 1.165) is 26.2 Å². The summed E-state index contributed by atoms with van der Waals surface area (Å²) in [6, 6.07) is 1.78. The van der Waals surface area contributed by atoms with Gasteiger partial charge in [0.1, 0.15) is 6.04 Å². The zero-order chi connectivity index (χ0) is 14.7. The summed E-state index contributed by atoms with van der Waals surface area (Å²) < 4.78 is 0. The van der Waals surface area contributed by atoms with Crippen LogP contribution in [0.15, 0.2) is 0 Å². The molecule has 0 aromatic heterocycles. The van der Waals surface area contributed by atoms with Crippen LogP contribution in [0, 0.1) is 11.3 Å². The molecule has 19 heavy (non-hydrogen) atoms. The van der Waals surface area contributed by atoms with Gasteiger partial charge in [0.2, 0.25) is 5.91 Å². The minimum Gasteiger partial charge on any atom is -0.343 e. The van der Waals surface area contributed by atoms with E-state index in [0.29, 0.717) is 13.1 Å². The van der Waals surface area contributed by atoms with Crippen molar-refractivity contribution in [1.82, 2.24) is 15.1 Å². The largest absolute Gasteiger partial charge is 0.343 e.